The van der Waals surface area contributed by atoms with E-state index in [0.29, 0.717) is 0 Å². The van der Waals surface area contributed by atoms with Crippen molar-refractivity contribution in [2.45, 2.75) is 32.3 Å². The second kappa shape index (κ2) is 2.57. The lowest BCUT2D eigenvalue weighted by Gasteiger charge is -2.14. The van der Waals surface area contributed by atoms with E-state index in [-0.39, 0.29) is 6.10 Å². The van der Waals surface area contributed by atoms with Gasteiger partial charge in [0.1, 0.15) is 0 Å². The number of aromatic nitrogens is 1. The molecule has 0 radical (unpaired) electrons. The van der Waals surface area contributed by atoms with E-state index in [1.165, 1.54) is 4.88 Å². The molecule has 3 heteroatoms. The summed E-state index contributed by atoms with van der Waals surface area (Å²) in [6.07, 6.45) is 2.81. The molecule has 2 nitrogen and oxygen atoms in total. The Kier molecular flexibility index (Phi) is 1.69. The van der Waals surface area contributed by atoms with E-state index in [0.717, 1.165) is 30.0 Å². The van der Waals surface area contributed by atoms with Crippen molar-refractivity contribution in [3.63, 3.8) is 0 Å². The minimum Gasteiger partial charge on any atom is -0.387 e. The second-order valence-electron chi connectivity index (χ2n) is 2.95. The second-order valence-corrected chi connectivity index (χ2v) is 4.24. The number of hydrogen-bond donors (Lipinski definition) is 1. The summed E-state index contributed by atoms with van der Waals surface area (Å²) in [5.41, 5.74) is 0.943. The van der Waals surface area contributed by atoms with E-state index in [1.54, 1.807) is 11.3 Å². The maximum absolute atomic E-state index is 9.52. The predicted molar refractivity (Wildman–Crippen MR) is 44.7 cm³/mol. The molecule has 60 valence electrons. The lowest BCUT2D eigenvalue weighted by Crippen LogP contribution is -2.07. The number of aliphatic hydroxyl groups is 1. The van der Waals surface area contributed by atoms with E-state index < -0.39 is 0 Å². The number of fused-ring (bicyclic) bond motifs is 1. The molecule has 2 rings (SSSR count). The first kappa shape index (κ1) is 7.25. The van der Waals surface area contributed by atoms with Gasteiger partial charge >= 0.3 is 0 Å². The summed E-state index contributed by atoms with van der Waals surface area (Å²) in [4.78, 5) is 5.59. The summed E-state index contributed by atoms with van der Waals surface area (Å²) in [6, 6.07) is 0. The predicted octanol–water partition coefficient (Wildman–Crippen LogP) is 1.82. The zero-order chi connectivity index (χ0) is 7.84. The number of rotatable bonds is 0. The third-order valence-electron chi connectivity index (χ3n) is 2.03. The Balaban J connectivity index is 2.43. The van der Waals surface area contributed by atoms with Crippen molar-refractivity contribution >= 4 is 11.3 Å². The summed E-state index contributed by atoms with van der Waals surface area (Å²) in [5, 5.41) is 10.6. The van der Waals surface area contributed by atoms with E-state index in [4.69, 9.17) is 0 Å². The standard InChI is InChI=1S/C8H11NOS/c1-5-9-8-6(10)3-2-4-7(8)11-5/h6,10H,2-4H2,1H3. The molecule has 1 aromatic heterocycles. The highest BCUT2D eigenvalue weighted by Gasteiger charge is 2.21. The Bertz CT molecular complexity index is 269. The van der Waals surface area contributed by atoms with Crippen LogP contribution in [0.4, 0.5) is 0 Å². The molecule has 1 aromatic rings. The van der Waals surface area contributed by atoms with E-state index >= 15 is 0 Å². The number of aliphatic hydroxyl groups excluding tert-OH is 1. The quantitative estimate of drug-likeness (QED) is 0.642. The van der Waals surface area contributed by atoms with Gasteiger partial charge < -0.3 is 5.11 Å². The summed E-state index contributed by atoms with van der Waals surface area (Å²) >= 11 is 1.72. The SMILES string of the molecule is Cc1nc2c(s1)CCCC2O. The summed E-state index contributed by atoms with van der Waals surface area (Å²) in [6.45, 7) is 2.00. The Labute approximate surface area is 69.9 Å². The third-order valence-corrected chi connectivity index (χ3v) is 3.08. The van der Waals surface area contributed by atoms with Crippen molar-refractivity contribution < 1.29 is 5.11 Å². The molecule has 0 amide bonds. The minimum absolute atomic E-state index is 0.288. The highest BCUT2D eigenvalue weighted by molar-refractivity contribution is 7.11. The van der Waals surface area contributed by atoms with Gasteiger partial charge in [-0.3, -0.25) is 0 Å². The van der Waals surface area contributed by atoms with Gasteiger partial charge in [-0.25, -0.2) is 4.98 Å². The molecule has 1 aliphatic carbocycles. The molecule has 11 heavy (non-hydrogen) atoms. The molecule has 0 saturated heterocycles. The lowest BCUT2D eigenvalue weighted by atomic mass is 10.0. The van der Waals surface area contributed by atoms with Crippen molar-refractivity contribution in [1.82, 2.24) is 4.98 Å². The van der Waals surface area contributed by atoms with E-state index in [2.05, 4.69) is 4.98 Å². The monoisotopic (exact) mass is 169 g/mol. The van der Waals surface area contributed by atoms with Gasteiger partial charge in [0.2, 0.25) is 0 Å². The fourth-order valence-electron chi connectivity index (χ4n) is 1.52. The first-order valence-corrected chi connectivity index (χ1v) is 4.73. The zero-order valence-electron chi connectivity index (χ0n) is 6.50. The van der Waals surface area contributed by atoms with E-state index in [9.17, 15) is 5.11 Å². The van der Waals surface area contributed by atoms with Crippen LogP contribution in [0.15, 0.2) is 0 Å². The lowest BCUT2D eigenvalue weighted by molar-refractivity contribution is 0.153. The van der Waals surface area contributed by atoms with Gasteiger partial charge in [0, 0.05) is 4.88 Å². The maximum Gasteiger partial charge on any atom is 0.0971 e. The van der Waals surface area contributed by atoms with Crippen LogP contribution in [0.3, 0.4) is 0 Å². The number of hydrogen-bond acceptors (Lipinski definition) is 3. The van der Waals surface area contributed by atoms with Gasteiger partial charge in [-0.15, -0.1) is 11.3 Å². The molecule has 0 fully saturated rings. The summed E-state index contributed by atoms with van der Waals surface area (Å²) in [5.74, 6) is 0. The molecular formula is C8H11NOS. The largest absolute Gasteiger partial charge is 0.387 e. The van der Waals surface area contributed by atoms with Crippen molar-refractivity contribution in [2.75, 3.05) is 0 Å². The molecule has 0 aliphatic heterocycles. The Hall–Kier alpha value is -0.410. The summed E-state index contributed by atoms with van der Waals surface area (Å²) in [7, 11) is 0. The molecule has 1 unspecified atom stereocenters. The Morgan fingerprint density at radius 2 is 2.45 bits per heavy atom. The molecule has 1 N–H and O–H groups in total. The maximum atomic E-state index is 9.52. The van der Waals surface area contributed by atoms with Gasteiger partial charge in [0.05, 0.1) is 16.8 Å². The first-order chi connectivity index (χ1) is 5.27. The minimum atomic E-state index is -0.288. The van der Waals surface area contributed by atoms with Crippen LogP contribution in [0.25, 0.3) is 0 Å². The molecule has 0 saturated carbocycles. The fourth-order valence-corrected chi connectivity index (χ4v) is 2.55. The van der Waals surface area contributed by atoms with Gasteiger partial charge in [0.15, 0.2) is 0 Å². The van der Waals surface area contributed by atoms with Crippen LogP contribution in [-0.2, 0) is 6.42 Å². The van der Waals surface area contributed by atoms with Crippen molar-refractivity contribution in [3.8, 4) is 0 Å². The Morgan fingerprint density at radius 1 is 1.64 bits per heavy atom. The third kappa shape index (κ3) is 1.19. The van der Waals surface area contributed by atoms with Crippen LogP contribution in [0.1, 0.15) is 34.5 Å². The average molecular weight is 169 g/mol. The molecular weight excluding hydrogens is 158 g/mol. The van der Waals surface area contributed by atoms with Gasteiger partial charge in [0.25, 0.3) is 0 Å². The summed E-state index contributed by atoms with van der Waals surface area (Å²) < 4.78 is 0. The highest BCUT2D eigenvalue weighted by atomic mass is 32.1. The van der Waals surface area contributed by atoms with Crippen molar-refractivity contribution in [1.29, 1.82) is 0 Å². The van der Waals surface area contributed by atoms with E-state index in [1.807, 2.05) is 6.92 Å². The van der Waals surface area contributed by atoms with Crippen LogP contribution in [-0.4, -0.2) is 10.1 Å². The van der Waals surface area contributed by atoms with Crippen molar-refractivity contribution in [2.24, 2.45) is 0 Å². The van der Waals surface area contributed by atoms with Crippen LogP contribution < -0.4 is 0 Å². The molecule has 1 heterocycles. The molecule has 0 bridgehead atoms. The molecule has 0 spiro atoms. The van der Waals surface area contributed by atoms with Gasteiger partial charge in [-0.05, 0) is 26.2 Å². The smallest absolute Gasteiger partial charge is 0.0971 e. The van der Waals surface area contributed by atoms with Crippen molar-refractivity contribution in [3.05, 3.63) is 15.6 Å². The number of aryl methyl sites for hydroxylation is 2. The van der Waals surface area contributed by atoms with Gasteiger partial charge in [-0.2, -0.15) is 0 Å². The zero-order valence-corrected chi connectivity index (χ0v) is 7.32. The fraction of sp³-hybridized carbons (Fsp3) is 0.625. The van der Waals surface area contributed by atoms with Crippen LogP contribution in [0, 0.1) is 6.92 Å². The van der Waals surface area contributed by atoms with Gasteiger partial charge in [-0.1, -0.05) is 0 Å². The molecule has 1 atom stereocenters. The normalized spacial score (nSPS) is 23.3. The topological polar surface area (TPSA) is 33.1 Å². The molecule has 1 aliphatic rings. The highest BCUT2D eigenvalue weighted by Crippen LogP contribution is 2.32. The molecule has 0 aromatic carbocycles. The number of nitrogens with zero attached hydrogens (tertiary/aromatic N) is 1. The Morgan fingerprint density at radius 3 is 3.18 bits per heavy atom. The first-order valence-electron chi connectivity index (χ1n) is 3.91. The van der Waals surface area contributed by atoms with Crippen LogP contribution in [0.5, 0.6) is 0 Å². The van der Waals surface area contributed by atoms with Crippen LogP contribution in [0.2, 0.25) is 0 Å². The van der Waals surface area contributed by atoms with Crippen LogP contribution >= 0.6 is 11.3 Å². The average Bonchev–Trinajstić information content (AvgIpc) is 2.31. The number of thiazole rings is 1.